The Morgan fingerprint density at radius 2 is 2.00 bits per heavy atom. The number of anilines is 1. The van der Waals surface area contributed by atoms with Crippen molar-refractivity contribution in [3.05, 3.63) is 70.3 Å². The standard InChI is InChI=1S/C36H46ClN3O5S/c1-4-28-9-5-6-10-31(38-34(41)23(2)3)29-14-11-26(29)20-40-21-36(17-7-8-24-18-27(37)13-15-30(24)36)22-45-33-16-12-25(19-32(33)40)35(42)39-46(28,43)44/h6,10,12-13,15-16,18-19,23,26,28-29,31H,4-5,7-9,11,14,17,20-22H2,1-3H3,(H,38,41)(H,39,42)/b10-6+/t26-,28+,29+,31-,36-/m0/s1. The first-order valence-corrected chi connectivity index (χ1v) is 18.8. The Hall–Kier alpha value is -3.04. The van der Waals surface area contributed by atoms with Gasteiger partial charge in [0.1, 0.15) is 5.75 Å². The van der Waals surface area contributed by atoms with Gasteiger partial charge in [0.25, 0.3) is 5.91 Å². The lowest BCUT2D eigenvalue weighted by atomic mass is 9.68. The number of aryl methyl sites for hydroxylation is 1. The zero-order chi connectivity index (χ0) is 32.6. The first-order chi connectivity index (χ1) is 22.0. The molecule has 2 aliphatic heterocycles. The van der Waals surface area contributed by atoms with Gasteiger partial charge in [-0.25, -0.2) is 13.1 Å². The van der Waals surface area contributed by atoms with Crippen molar-refractivity contribution in [2.24, 2.45) is 17.8 Å². The lowest BCUT2D eigenvalue weighted by Gasteiger charge is -2.46. The Balaban J connectivity index is 1.42. The molecule has 0 aromatic heterocycles. The van der Waals surface area contributed by atoms with Crippen molar-refractivity contribution in [2.75, 3.05) is 24.6 Å². The molecule has 1 fully saturated rings. The first kappa shape index (κ1) is 32.9. The fourth-order valence-electron chi connectivity index (χ4n) is 7.84. The summed E-state index contributed by atoms with van der Waals surface area (Å²) in [6.07, 6.45) is 10.4. The number of halogens is 1. The number of carbonyl (C=O) groups excluding carboxylic acids is 2. The molecule has 46 heavy (non-hydrogen) atoms. The van der Waals surface area contributed by atoms with Crippen LogP contribution in [-0.2, 0) is 26.7 Å². The molecule has 2 aliphatic carbocycles. The van der Waals surface area contributed by atoms with Crippen molar-refractivity contribution in [3.63, 3.8) is 0 Å². The predicted octanol–water partition coefficient (Wildman–Crippen LogP) is 6.17. The van der Waals surface area contributed by atoms with Crippen LogP contribution in [0.2, 0.25) is 5.02 Å². The molecule has 2 bridgehead atoms. The molecule has 4 aliphatic rings. The summed E-state index contributed by atoms with van der Waals surface area (Å²) in [5, 5.41) is 3.31. The number of hydrogen-bond donors (Lipinski definition) is 2. The SMILES string of the molecule is CC[C@@H]1CC/C=C/[C@H](NC(=O)C(C)C)[C@@H]2CC[C@H]2CN2C[C@@]3(CCCc4cc(Cl)ccc43)COc3ccc(cc32)C(=O)NS1(=O)=O. The van der Waals surface area contributed by atoms with Crippen LogP contribution in [0.4, 0.5) is 5.69 Å². The number of ether oxygens (including phenoxy) is 1. The topological polar surface area (TPSA) is 105 Å². The second-order valence-electron chi connectivity index (χ2n) is 14.0. The van der Waals surface area contributed by atoms with E-state index in [-0.39, 0.29) is 34.8 Å². The molecule has 0 radical (unpaired) electrons. The molecule has 2 amide bonds. The number of nitrogens with zero attached hydrogens (tertiary/aromatic N) is 1. The molecule has 2 N–H and O–H groups in total. The average molecular weight is 668 g/mol. The van der Waals surface area contributed by atoms with E-state index in [1.54, 1.807) is 12.1 Å². The molecule has 5 atom stereocenters. The summed E-state index contributed by atoms with van der Waals surface area (Å²) in [6.45, 7) is 7.54. The second kappa shape index (κ2) is 13.2. The zero-order valence-corrected chi connectivity index (χ0v) is 28.6. The van der Waals surface area contributed by atoms with E-state index in [2.05, 4.69) is 33.1 Å². The Morgan fingerprint density at radius 1 is 1.17 bits per heavy atom. The smallest absolute Gasteiger partial charge is 0.264 e. The largest absolute Gasteiger partial charge is 0.490 e. The van der Waals surface area contributed by atoms with Crippen LogP contribution in [0.15, 0.2) is 48.6 Å². The molecule has 0 saturated heterocycles. The molecule has 0 unspecified atom stereocenters. The van der Waals surface area contributed by atoms with Gasteiger partial charge in [-0.3, -0.25) is 9.59 Å². The van der Waals surface area contributed by atoms with E-state index in [1.807, 2.05) is 39.0 Å². The molecule has 6 rings (SSSR count). The van der Waals surface area contributed by atoms with Crippen molar-refractivity contribution in [1.29, 1.82) is 0 Å². The van der Waals surface area contributed by atoms with Gasteiger partial charge in [0.15, 0.2) is 0 Å². The number of rotatable bonds is 3. The van der Waals surface area contributed by atoms with Crippen LogP contribution in [0.25, 0.3) is 0 Å². The number of amides is 2. The van der Waals surface area contributed by atoms with E-state index >= 15 is 0 Å². The molecule has 2 aromatic carbocycles. The minimum Gasteiger partial charge on any atom is -0.490 e. The second-order valence-corrected chi connectivity index (χ2v) is 16.4. The van der Waals surface area contributed by atoms with Gasteiger partial charge >= 0.3 is 0 Å². The summed E-state index contributed by atoms with van der Waals surface area (Å²) in [5.41, 5.74) is 3.32. The quantitative estimate of drug-likeness (QED) is 0.380. The van der Waals surface area contributed by atoms with Crippen molar-refractivity contribution < 1.29 is 22.7 Å². The minimum atomic E-state index is -3.91. The number of benzene rings is 2. The van der Waals surface area contributed by atoms with Gasteiger partial charge in [-0.1, -0.05) is 50.6 Å². The summed E-state index contributed by atoms with van der Waals surface area (Å²) in [7, 11) is -3.91. The van der Waals surface area contributed by atoms with Crippen LogP contribution < -0.4 is 19.7 Å². The van der Waals surface area contributed by atoms with Crippen LogP contribution in [0.3, 0.4) is 0 Å². The summed E-state index contributed by atoms with van der Waals surface area (Å²) in [4.78, 5) is 28.8. The summed E-state index contributed by atoms with van der Waals surface area (Å²) >= 11 is 6.43. The van der Waals surface area contributed by atoms with Crippen LogP contribution in [0, 0.1) is 17.8 Å². The van der Waals surface area contributed by atoms with E-state index in [0.717, 1.165) is 49.4 Å². The maximum absolute atomic E-state index is 13.5. The van der Waals surface area contributed by atoms with Gasteiger partial charge in [0, 0.05) is 35.0 Å². The molecule has 1 saturated carbocycles. The van der Waals surface area contributed by atoms with Crippen molar-refractivity contribution in [1.82, 2.24) is 10.0 Å². The number of sulfonamides is 1. The molecule has 10 heteroatoms. The van der Waals surface area contributed by atoms with Crippen molar-refractivity contribution >= 4 is 39.1 Å². The van der Waals surface area contributed by atoms with Gasteiger partial charge in [0.2, 0.25) is 15.9 Å². The van der Waals surface area contributed by atoms with E-state index in [9.17, 15) is 18.0 Å². The van der Waals surface area contributed by atoms with Crippen LogP contribution in [-0.4, -0.2) is 51.2 Å². The van der Waals surface area contributed by atoms with Crippen molar-refractivity contribution in [2.45, 2.75) is 88.8 Å². The first-order valence-electron chi connectivity index (χ1n) is 16.8. The average Bonchev–Trinajstić information content (AvgIpc) is 3.15. The number of hydrogen-bond acceptors (Lipinski definition) is 6. The summed E-state index contributed by atoms with van der Waals surface area (Å²) < 4.78 is 35.7. The fourth-order valence-corrected chi connectivity index (χ4v) is 9.46. The lowest BCUT2D eigenvalue weighted by molar-refractivity contribution is -0.125. The molecule has 2 heterocycles. The van der Waals surface area contributed by atoms with Crippen LogP contribution >= 0.6 is 11.6 Å². The highest BCUT2D eigenvalue weighted by molar-refractivity contribution is 7.90. The van der Waals surface area contributed by atoms with Gasteiger partial charge in [-0.2, -0.15) is 0 Å². The van der Waals surface area contributed by atoms with Gasteiger partial charge in [0.05, 0.1) is 23.6 Å². The van der Waals surface area contributed by atoms with Crippen LogP contribution in [0.1, 0.15) is 87.2 Å². The third-order valence-corrected chi connectivity index (χ3v) is 12.8. The Labute approximate surface area is 278 Å². The van der Waals surface area contributed by atoms with Gasteiger partial charge in [-0.15, -0.1) is 0 Å². The maximum atomic E-state index is 13.5. The molecule has 1 spiro atoms. The molecule has 248 valence electrons. The Morgan fingerprint density at radius 3 is 2.74 bits per heavy atom. The van der Waals surface area contributed by atoms with E-state index < -0.39 is 21.2 Å². The van der Waals surface area contributed by atoms with E-state index in [1.165, 1.54) is 11.1 Å². The molecule has 2 aromatic rings. The number of nitrogens with one attached hydrogen (secondary N) is 2. The van der Waals surface area contributed by atoms with Gasteiger partial charge in [-0.05, 0) is 105 Å². The number of fused-ring (bicyclic) bond motifs is 4. The van der Waals surface area contributed by atoms with Crippen LogP contribution in [0.5, 0.6) is 5.75 Å². The lowest BCUT2D eigenvalue weighted by Crippen LogP contribution is -2.52. The highest BCUT2D eigenvalue weighted by atomic mass is 35.5. The molecular weight excluding hydrogens is 622 g/mol. The fraction of sp³-hybridized carbons (Fsp3) is 0.556. The number of carbonyl (C=O) groups is 2. The van der Waals surface area contributed by atoms with Crippen molar-refractivity contribution in [3.8, 4) is 5.75 Å². The Kier molecular flexibility index (Phi) is 9.45. The Bertz CT molecular complexity index is 1630. The highest BCUT2D eigenvalue weighted by Crippen LogP contribution is 2.46. The summed E-state index contributed by atoms with van der Waals surface area (Å²) in [6, 6.07) is 11.3. The molecular formula is C36H46ClN3O5S. The summed E-state index contributed by atoms with van der Waals surface area (Å²) in [5.74, 6) is 0.487. The minimum absolute atomic E-state index is 0.0148. The van der Waals surface area contributed by atoms with E-state index in [4.69, 9.17) is 16.3 Å². The third kappa shape index (κ3) is 6.55. The number of allylic oxidation sites excluding steroid dienone is 1. The third-order valence-electron chi connectivity index (χ3n) is 10.7. The predicted molar refractivity (Wildman–Crippen MR) is 182 cm³/mol. The zero-order valence-electron chi connectivity index (χ0n) is 27.1. The maximum Gasteiger partial charge on any atom is 0.264 e. The monoisotopic (exact) mass is 667 g/mol. The molecule has 8 nitrogen and oxygen atoms in total. The van der Waals surface area contributed by atoms with Gasteiger partial charge < -0.3 is 15.0 Å². The highest BCUT2D eigenvalue weighted by Gasteiger charge is 2.44. The normalized spacial score (nSPS) is 29.8. The van der Waals surface area contributed by atoms with E-state index in [0.29, 0.717) is 44.1 Å².